The summed E-state index contributed by atoms with van der Waals surface area (Å²) in [6, 6.07) is 3.49. The van der Waals surface area contributed by atoms with Crippen molar-refractivity contribution in [1.82, 2.24) is 15.5 Å². The van der Waals surface area contributed by atoms with Crippen molar-refractivity contribution < 1.29 is 27.6 Å². The highest BCUT2D eigenvalue weighted by molar-refractivity contribution is 5.94. The Labute approximate surface area is 193 Å². The number of hydrogen-bond acceptors (Lipinski definition) is 3. The van der Waals surface area contributed by atoms with Crippen LogP contribution in [-0.4, -0.2) is 48.3 Å². The summed E-state index contributed by atoms with van der Waals surface area (Å²) in [7, 11) is 0. The van der Waals surface area contributed by atoms with Crippen LogP contribution >= 0.6 is 0 Å². The fourth-order valence-corrected chi connectivity index (χ4v) is 3.84. The maximum atomic E-state index is 12.8. The fraction of sp³-hybridized carbons (Fsp3) is 0.625. The molecule has 33 heavy (non-hydrogen) atoms. The van der Waals surface area contributed by atoms with Crippen molar-refractivity contribution in [2.24, 2.45) is 17.8 Å². The molecule has 0 aliphatic carbocycles. The van der Waals surface area contributed by atoms with Gasteiger partial charge in [0.05, 0.1) is 5.56 Å². The number of nitrogens with zero attached hydrogens (tertiary/aromatic N) is 1. The minimum absolute atomic E-state index is 0.134. The van der Waals surface area contributed by atoms with Crippen LogP contribution in [0.2, 0.25) is 0 Å². The second kappa shape index (κ2) is 11.5. The summed E-state index contributed by atoms with van der Waals surface area (Å²) >= 11 is 0. The van der Waals surface area contributed by atoms with Gasteiger partial charge in [0, 0.05) is 31.6 Å². The third-order valence-electron chi connectivity index (χ3n) is 5.63. The number of piperidine rings is 1. The minimum Gasteiger partial charge on any atom is -0.354 e. The lowest BCUT2D eigenvalue weighted by molar-refractivity contribution is -0.137. The van der Waals surface area contributed by atoms with Gasteiger partial charge in [-0.25, -0.2) is 0 Å². The van der Waals surface area contributed by atoms with Crippen LogP contribution in [-0.2, 0) is 15.8 Å². The number of nitrogens with one attached hydrogen (secondary N) is 2. The highest BCUT2D eigenvalue weighted by Crippen LogP contribution is 2.29. The first-order chi connectivity index (χ1) is 15.4. The summed E-state index contributed by atoms with van der Waals surface area (Å²) in [6.45, 7) is 9.05. The predicted octanol–water partition coefficient (Wildman–Crippen LogP) is 3.86. The smallest absolute Gasteiger partial charge is 0.354 e. The van der Waals surface area contributed by atoms with E-state index in [9.17, 15) is 27.6 Å². The summed E-state index contributed by atoms with van der Waals surface area (Å²) in [5.74, 6) is -0.459. The van der Waals surface area contributed by atoms with E-state index in [1.807, 2.05) is 27.7 Å². The van der Waals surface area contributed by atoms with E-state index in [0.29, 0.717) is 38.9 Å². The molecule has 1 fully saturated rings. The molecular weight excluding hydrogens is 435 g/mol. The topological polar surface area (TPSA) is 78.5 Å². The van der Waals surface area contributed by atoms with Crippen LogP contribution in [0.15, 0.2) is 24.3 Å². The first kappa shape index (κ1) is 26.7. The SMILES string of the molecule is CC(C)CNC(=O)[C@@H](NC(=O)CC(C)C)C1CCN(C(=O)c2ccc(C(F)(F)F)cc2)CC1. The molecule has 6 nitrogen and oxygen atoms in total. The Morgan fingerprint density at radius 3 is 2.06 bits per heavy atom. The molecule has 1 aliphatic rings. The maximum absolute atomic E-state index is 12.8. The lowest BCUT2D eigenvalue weighted by Gasteiger charge is -2.36. The van der Waals surface area contributed by atoms with Crippen molar-refractivity contribution in [3.05, 3.63) is 35.4 Å². The molecule has 1 aliphatic heterocycles. The molecule has 1 saturated heterocycles. The molecule has 184 valence electrons. The van der Waals surface area contributed by atoms with E-state index in [2.05, 4.69) is 10.6 Å². The van der Waals surface area contributed by atoms with Crippen LogP contribution < -0.4 is 10.6 Å². The normalized spacial score (nSPS) is 16.1. The van der Waals surface area contributed by atoms with E-state index < -0.39 is 17.8 Å². The Kier molecular flexibility index (Phi) is 9.31. The first-order valence-corrected chi connectivity index (χ1v) is 11.4. The Morgan fingerprint density at radius 1 is 1.00 bits per heavy atom. The van der Waals surface area contributed by atoms with Gasteiger partial charge in [-0.1, -0.05) is 27.7 Å². The van der Waals surface area contributed by atoms with E-state index in [0.717, 1.165) is 12.1 Å². The molecule has 1 heterocycles. The monoisotopic (exact) mass is 469 g/mol. The van der Waals surface area contributed by atoms with Crippen LogP contribution in [0.25, 0.3) is 0 Å². The number of likely N-dealkylation sites (tertiary alicyclic amines) is 1. The zero-order valence-electron chi connectivity index (χ0n) is 19.7. The molecule has 2 rings (SSSR count). The van der Waals surface area contributed by atoms with Gasteiger partial charge < -0.3 is 15.5 Å². The molecule has 2 N–H and O–H groups in total. The number of rotatable bonds is 8. The quantitative estimate of drug-likeness (QED) is 0.607. The van der Waals surface area contributed by atoms with Crippen molar-refractivity contribution in [3.63, 3.8) is 0 Å². The Bertz CT molecular complexity index is 814. The third kappa shape index (κ3) is 8.05. The summed E-state index contributed by atoms with van der Waals surface area (Å²) in [4.78, 5) is 39.5. The number of halogens is 3. The highest BCUT2D eigenvalue weighted by atomic mass is 19.4. The Balaban J connectivity index is 2.03. The van der Waals surface area contributed by atoms with Crippen LogP contribution in [0.4, 0.5) is 13.2 Å². The number of carbonyl (C=O) groups excluding carboxylic acids is 3. The molecule has 1 aromatic carbocycles. The van der Waals surface area contributed by atoms with E-state index in [4.69, 9.17) is 0 Å². The van der Waals surface area contributed by atoms with E-state index in [1.54, 1.807) is 4.90 Å². The van der Waals surface area contributed by atoms with E-state index in [1.165, 1.54) is 12.1 Å². The van der Waals surface area contributed by atoms with Crippen molar-refractivity contribution in [3.8, 4) is 0 Å². The first-order valence-electron chi connectivity index (χ1n) is 11.4. The largest absolute Gasteiger partial charge is 0.416 e. The van der Waals surface area contributed by atoms with Crippen molar-refractivity contribution >= 4 is 17.7 Å². The van der Waals surface area contributed by atoms with Gasteiger partial charge in [0.1, 0.15) is 6.04 Å². The van der Waals surface area contributed by atoms with Gasteiger partial charge >= 0.3 is 6.18 Å². The molecule has 3 amide bonds. The van der Waals surface area contributed by atoms with E-state index >= 15 is 0 Å². The molecule has 0 unspecified atom stereocenters. The average Bonchev–Trinajstić information content (AvgIpc) is 2.74. The second-order valence-corrected chi connectivity index (χ2v) is 9.49. The summed E-state index contributed by atoms with van der Waals surface area (Å²) in [6.07, 6.45) is -3.12. The highest BCUT2D eigenvalue weighted by Gasteiger charge is 2.34. The molecule has 0 saturated carbocycles. The molecule has 0 bridgehead atoms. The number of benzene rings is 1. The molecule has 0 radical (unpaired) electrons. The average molecular weight is 470 g/mol. The van der Waals surface area contributed by atoms with Gasteiger partial charge in [-0.15, -0.1) is 0 Å². The van der Waals surface area contributed by atoms with Crippen LogP contribution in [0, 0.1) is 17.8 Å². The van der Waals surface area contributed by atoms with Gasteiger partial charge in [0.2, 0.25) is 11.8 Å². The van der Waals surface area contributed by atoms with Gasteiger partial charge in [-0.2, -0.15) is 13.2 Å². The lowest BCUT2D eigenvalue weighted by atomic mass is 9.88. The fourth-order valence-electron chi connectivity index (χ4n) is 3.84. The predicted molar refractivity (Wildman–Crippen MR) is 119 cm³/mol. The Hall–Kier alpha value is -2.58. The van der Waals surface area contributed by atoms with Crippen molar-refractivity contribution in [2.45, 2.75) is 59.2 Å². The van der Waals surface area contributed by atoms with Crippen LogP contribution in [0.5, 0.6) is 0 Å². The molecular formula is C24H34F3N3O3. The van der Waals surface area contributed by atoms with Gasteiger partial charge in [-0.05, 0) is 54.9 Å². The van der Waals surface area contributed by atoms with Gasteiger partial charge in [0.25, 0.3) is 5.91 Å². The minimum atomic E-state index is -4.45. The van der Waals surface area contributed by atoms with Crippen molar-refractivity contribution in [2.75, 3.05) is 19.6 Å². The molecule has 1 aromatic rings. The number of hydrogen-bond donors (Lipinski definition) is 2. The maximum Gasteiger partial charge on any atom is 0.416 e. The Morgan fingerprint density at radius 2 is 1.58 bits per heavy atom. The summed E-state index contributed by atoms with van der Waals surface area (Å²) < 4.78 is 38.3. The van der Waals surface area contributed by atoms with Crippen LogP contribution in [0.1, 0.15) is 62.9 Å². The van der Waals surface area contributed by atoms with Crippen LogP contribution in [0.3, 0.4) is 0 Å². The zero-order chi connectivity index (χ0) is 24.8. The lowest BCUT2D eigenvalue weighted by Crippen LogP contribution is -2.54. The molecule has 1 atom stereocenters. The van der Waals surface area contributed by atoms with E-state index in [-0.39, 0.29) is 41.0 Å². The van der Waals surface area contributed by atoms with Crippen molar-refractivity contribution in [1.29, 1.82) is 0 Å². The molecule has 0 aromatic heterocycles. The van der Waals surface area contributed by atoms with Gasteiger partial charge in [-0.3, -0.25) is 14.4 Å². The second-order valence-electron chi connectivity index (χ2n) is 9.49. The number of amides is 3. The van der Waals surface area contributed by atoms with Gasteiger partial charge in [0.15, 0.2) is 0 Å². The molecule has 0 spiro atoms. The number of carbonyl (C=O) groups is 3. The zero-order valence-corrected chi connectivity index (χ0v) is 19.7. The summed E-state index contributed by atoms with van der Waals surface area (Å²) in [5, 5.41) is 5.77. The number of alkyl halides is 3. The third-order valence-corrected chi connectivity index (χ3v) is 5.63. The molecule has 9 heteroatoms. The standard InChI is InChI=1S/C24H34F3N3O3/c1-15(2)13-20(31)29-21(22(32)28-14-16(3)4)17-9-11-30(12-10-17)23(33)18-5-7-19(8-6-18)24(25,26)27/h5-8,15-17,21H,9-14H2,1-4H3,(H,28,32)(H,29,31)/t21-/m0/s1. The summed E-state index contributed by atoms with van der Waals surface area (Å²) in [5.41, 5.74) is -0.608.